The molecule has 0 radical (unpaired) electrons. The summed E-state index contributed by atoms with van der Waals surface area (Å²) < 4.78 is 11.8. The lowest BCUT2D eigenvalue weighted by Gasteiger charge is -2.34. The highest BCUT2D eigenvalue weighted by Crippen LogP contribution is 2.49. The van der Waals surface area contributed by atoms with Gasteiger partial charge < -0.3 is 25.6 Å². The largest absolute Gasteiger partial charge is 0.496 e. The molecule has 0 amide bonds. The Balaban J connectivity index is 1.88. The molecule has 1 saturated carbocycles. The van der Waals surface area contributed by atoms with Crippen LogP contribution in [-0.2, 0) is 0 Å². The Morgan fingerprint density at radius 1 is 1.35 bits per heavy atom. The van der Waals surface area contributed by atoms with E-state index in [9.17, 15) is 10.4 Å². The minimum Gasteiger partial charge on any atom is -0.496 e. The van der Waals surface area contributed by atoms with Gasteiger partial charge in [-0.2, -0.15) is 5.26 Å². The second kappa shape index (κ2) is 8.58. The molecular weight excluding hydrogens is 392 g/mol. The Morgan fingerprint density at radius 2 is 2.13 bits per heavy atom. The van der Waals surface area contributed by atoms with E-state index < -0.39 is 12.1 Å². The molecule has 162 valence electrons. The van der Waals surface area contributed by atoms with Crippen molar-refractivity contribution in [3.8, 4) is 17.7 Å². The second-order valence-corrected chi connectivity index (χ2v) is 8.27. The fraction of sp³-hybridized carbons (Fsp3) is 0.417. The third-order valence-corrected chi connectivity index (χ3v) is 6.07. The number of aryl methyl sites for hydroxylation is 1. The quantitative estimate of drug-likeness (QED) is 0.587. The summed E-state index contributed by atoms with van der Waals surface area (Å²) in [6.07, 6.45) is 4.14. The number of methoxy groups -OCH3 is 1. The van der Waals surface area contributed by atoms with Crippen LogP contribution in [0.2, 0.25) is 0 Å². The predicted octanol–water partition coefficient (Wildman–Crippen LogP) is 3.56. The Hall–Kier alpha value is -3.08. The number of fused-ring (bicyclic) bond motifs is 1. The maximum absolute atomic E-state index is 10.5. The van der Waals surface area contributed by atoms with Crippen LogP contribution in [0.4, 0.5) is 5.69 Å². The molecule has 2 atom stereocenters. The lowest BCUT2D eigenvalue weighted by molar-refractivity contribution is 0.210. The first-order valence-corrected chi connectivity index (χ1v) is 10.6. The van der Waals surface area contributed by atoms with Crippen LogP contribution in [0.5, 0.6) is 11.6 Å². The molecule has 1 aromatic carbocycles. The van der Waals surface area contributed by atoms with Gasteiger partial charge in [0, 0.05) is 34.5 Å². The van der Waals surface area contributed by atoms with Crippen LogP contribution >= 0.6 is 0 Å². The van der Waals surface area contributed by atoms with Crippen molar-refractivity contribution in [2.75, 3.05) is 19.0 Å². The van der Waals surface area contributed by atoms with Crippen molar-refractivity contribution in [2.24, 2.45) is 11.7 Å². The first kappa shape index (κ1) is 21.2. The van der Waals surface area contributed by atoms with Crippen molar-refractivity contribution in [1.82, 2.24) is 4.98 Å². The van der Waals surface area contributed by atoms with Crippen molar-refractivity contribution in [2.45, 2.75) is 45.3 Å². The predicted molar refractivity (Wildman–Crippen MR) is 118 cm³/mol. The molecule has 4 N–H and O–H groups in total. The Kier molecular flexibility index (Phi) is 5.86. The van der Waals surface area contributed by atoms with Crippen LogP contribution in [0.25, 0.3) is 0 Å². The minimum absolute atomic E-state index is 0.428. The zero-order chi connectivity index (χ0) is 22.1. The summed E-state index contributed by atoms with van der Waals surface area (Å²) in [5.41, 5.74) is 11.4. The van der Waals surface area contributed by atoms with Crippen molar-refractivity contribution in [3.05, 3.63) is 57.9 Å². The maximum Gasteiger partial charge on any atom is 0.219 e. The van der Waals surface area contributed by atoms with Gasteiger partial charge in [-0.25, -0.2) is 4.98 Å². The molecule has 1 aliphatic heterocycles. The van der Waals surface area contributed by atoms with Crippen molar-refractivity contribution in [1.29, 1.82) is 5.26 Å². The zero-order valence-electron chi connectivity index (χ0n) is 18.1. The topological polar surface area (TPSA) is 113 Å². The highest BCUT2D eigenvalue weighted by molar-refractivity contribution is 5.72. The fourth-order valence-electron chi connectivity index (χ4n) is 4.25. The van der Waals surface area contributed by atoms with E-state index in [2.05, 4.69) is 16.4 Å². The monoisotopic (exact) mass is 420 g/mol. The van der Waals surface area contributed by atoms with Gasteiger partial charge in [-0.1, -0.05) is 18.9 Å². The number of benzene rings is 1. The molecule has 2 aliphatic rings. The number of pyridine rings is 1. The SMILES string of the molecule is COc1cc(C#N)ccc1[C@H]1C(C(N)O)=C(C)Nc2c(C)cnc(OCCC3CC3)c21. The molecule has 31 heavy (non-hydrogen) atoms. The van der Waals surface area contributed by atoms with Gasteiger partial charge in [-0.3, -0.25) is 0 Å². The van der Waals surface area contributed by atoms with E-state index in [4.69, 9.17) is 15.2 Å². The van der Waals surface area contributed by atoms with E-state index in [1.807, 2.05) is 19.9 Å². The number of aliphatic hydroxyl groups is 1. The van der Waals surface area contributed by atoms with Gasteiger partial charge in [0.15, 0.2) is 0 Å². The van der Waals surface area contributed by atoms with Crippen LogP contribution in [0.3, 0.4) is 0 Å². The number of nitrogens with zero attached hydrogens (tertiary/aromatic N) is 2. The molecule has 1 aromatic heterocycles. The molecule has 0 saturated heterocycles. The smallest absolute Gasteiger partial charge is 0.219 e. The second-order valence-electron chi connectivity index (χ2n) is 8.27. The van der Waals surface area contributed by atoms with Gasteiger partial charge >= 0.3 is 0 Å². The van der Waals surface area contributed by atoms with Crippen LogP contribution in [-0.4, -0.2) is 30.0 Å². The van der Waals surface area contributed by atoms with Crippen molar-refractivity contribution in [3.63, 3.8) is 0 Å². The average Bonchev–Trinajstić information content (AvgIpc) is 3.58. The standard InChI is InChI=1S/C24H28N4O3/c1-13-12-27-24(31-9-8-15-4-5-15)21-20(19(23(26)29)14(2)28-22(13)21)17-7-6-16(11-25)10-18(17)30-3/h6-7,10,12,15,20,23,28-29H,4-5,8-9,26H2,1-3H3/t20-,23?/m0/s1. The third kappa shape index (κ3) is 4.09. The summed E-state index contributed by atoms with van der Waals surface area (Å²) in [6, 6.07) is 7.43. The van der Waals surface area contributed by atoms with Crippen LogP contribution in [0, 0.1) is 24.2 Å². The Labute approximate surface area is 182 Å². The van der Waals surface area contributed by atoms with Crippen LogP contribution in [0.1, 0.15) is 54.4 Å². The summed E-state index contributed by atoms with van der Waals surface area (Å²) in [5.74, 6) is 1.39. The minimum atomic E-state index is -1.19. The molecule has 1 unspecified atom stereocenters. The van der Waals surface area contributed by atoms with Gasteiger partial charge in [0.05, 0.1) is 31.0 Å². The molecule has 7 heteroatoms. The molecule has 2 aromatic rings. The van der Waals surface area contributed by atoms with E-state index in [1.54, 1.807) is 25.4 Å². The number of nitrogens with one attached hydrogen (secondary N) is 1. The molecule has 0 bridgehead atoms. The number of aliphatic hydroxyl groups excluding tert-OH is 1. The summed E-state index contributed by atoms with van der Waals surface area (Å²) in [5, 5.41) is 23.2. The number of rotatable bonds is 7. The number of ether oxygens (including phenoxy) is 2. The van der Waals surface area contributed by atoms with Crippen LogP contribution < -0.4 is 20.5 Å². The summed E-state index contributed by atoms with van der Waals surface area (Å²) in [4.78, 5) is 4.59. The normalized spacial score (nSPS) is 18.6. The number of hydrogen-bond acceptors (Lipinski definition) is 7. The lowest BCUT2D eigenvalue weighted by Crippen LogP contribution is -2.32. The first-order chi connectivity index (χ1) is 14.9. The summed E-state index contributed by atoms with van der Waals surface area (Å²) >= 11 is 0. The number of hydrogen-bond donors (Lipinski definition) is 3. The average molecular weight is 421 g/mol. The highest BCUT2D eigenvalue weighted by atomic mass is 16.5. The molecule has 4 rings (SSSR count). The summed E-state index contributed by atoms with van der Waals surface area (Å²) in [6.45, 7) is 4.47. The number of allylic oxidation sites excluding steroid dienone is 1. The van der Waals surface area contributed by atoms with Crippen molar-refractivity contribution < 1.29 is 14.6 Å². The summed E-state index contributed by atoms with van der Waals surface area (Å²) in [7, 11) is 1.57. The molecule has 1 aliphatic carbocycles. The Bertz CT molecular complexity index is 1070. The zero-order valence-corrected chi connectivity index (χ0v) is 18.1. The number of nitrogens with two attached hydrogens (primary N) is 1. The van der Waals surface area contributed by atoms with E-state index in [-0.39, 0.29) is 0 Å². The first-order valence-electron chi connectivity index (χ1n) is 10.6. The van der Waals surface area contributed by atoms with Gasteiger partial charge in [0.25, 0.3) is 0 Å². The number of nitriles is 1. The fourth-order valence-corrected chi connectivity index (χ4v) is 4.25. The van der Waals surface area contributed by atoms with Gasteiger partial charge in [0.1, 0.15) is 12.0 Å². The lowest BCUT2D eigenvalue weighted by atomic mass is 9.79. The molecule has 0 spiro atoms. The van der Waals surface area contributed by atoms with E-state index in [1.165, 1.54) is 12.8 Å². The Morgan fingerprint density at radius 3 is 2.77 bits per heavy atom. The molecule has 2 heterocycles. The molecule has 1 fully saturated rings. The number of aromatic nitrogens is 1. The molecular formula is C24H28N4O3. The van der Waals surface area contributed by atoms with E-state index >= 15 is 0 Å². The van der Waals surface area contributed by atoms with Crippen molar-refractivity contribution >= 4 is 5.69 Å². The van der Waals surface area contributed by atoms with E-state index in [0.29, 0.717) is 29.4 Å². The third-order valence-electron chi connectivity index (χ3n) is 6.07. The van der Waals surface area contributed by atoms with Crippen LogP contribution in [0.15, 0.2) is 35.7 Å². The van der Waals surface area contributed by atoms with E-state index in [0.717, 1.165) is 40.4 Å². The molecule has 7 nitrogen and oxygen atoms in total. The highest BCUT2D eigenvalue weighted by Gasteiger charge is 2.36. The van der Waals surface area contributed by atoms with Gasteiger partial charge in [-0.05, 0) is 43.9 Å². The maximum atomic E-state index is 10.5. The van der Waals surface area contributed by atoms with Gasteiger partial charge in [0.2, 0.25) is 5.88 Å². The van der Waals surface area contributed by atoms with Gasteiger partial charge in [-0.15, -0.1) is 0 Å². The number of anilines is 1.